The molecule has 32 heavy (non-hydrogen) atoms. The van der Waals surface area contributed by atoms with Gasteiger partial charge in [0, 0.05) is 45.0 Å². The predicted molar refractivity (Wildman–Crippen MR) is 113 cm³/mol. The lowest BCUT2D eigenvalue weighted by atomic mass is 10.3. The van der Waals surface area contributed by atoms with Gasteiger partial charge < -0.3 is 9.47 Å². The molecule has 1 amide bonds. The number of aryl methyl sites for hydroxylation is 1. The Morgan fingerprint density at radius 1 is 1.28 bits per heavy atom. The summed E-state index contributed by atoms with van der Waals surface area (Å²) in [7, 11) is 0. The maximum absolute atomic E-state index is 13.3. The largest absolute Gasteiger partial charge is 0.573 e. The number of rotatable bonds is 7. The molecule has 172 valence electrons. The van der Waals surface area contributed by atoms with Gasteiger partial charge in [0.2, 0.25) is 0 Å². The lowest BCUT2D eigenvalue weighted by Gasteiger charge is -2.29. The summed E-state index contributed by atoms with van der Waals surface area (Å²) in [5.74, 6) is -0.635. The van der Waals surface area contributed by atoms with Gasteiger partial charge in [-0.1, -0.05) is 11.3 Å². The maximum atomic E-state index is 13.3. The van der Waals surface area contributed by atoms with E-state index in [2.05, 4.69) is 19.7 Å². The summed E-state index contributed by atoms with van der Waals surface area (Å²) in [4.78, 5) is 21.5. The minimum Gasteiger partial charge on any atom is -0.406 e. The van der Waals surface area contributed by atoms with E-state index in [9.17, 15) is 18.0 Å². The van der Waals surface area contributed by atoms with Gasteiger partial charge in [0.1, 0.15) is 5.75 Å². The second kappa shape index (κ2) is 9.43. The molecule has 0 saturated carbocycles. The van der Waals surface area contributed by atoms with Gasteiger partial charge in [0.15, 0.2) is 10.8 Å². The van der Waals surface area contributed by atoms with Crippen molar-refractivity contribution in [2.45, 2.75) is 19.8 Å². The van der Waals surface area contributed by atoms with Crippen molar-refractivity contribution in [3.63, 3.8) is 0 Å². The minimum atomic E-state index is -4.78. The van der Waals surface area contributed by atoms with E-state index in [1.165, 1.54) is 23.1 Å². The number of nitrogens with zero attached hydrogens (tertiary/aromatic N) is 5. The second-order valence-electron chi connectivity index (χ2n) is 7.14. The van der Waals surface area contributed by atoms with Crippen LogP contribution in [0.3, 0.4) is 0 Å². The van der Waals surface area contributed by atoms with Gasteiger partial charge in [-0.25, -0.2) is 4.98 Å². The van der Waals surface area contributed by atoms with Crippen LogP contribution in [0, 0.1) is 0 Å². The number of carbonyl (C=O) groups is 1. The fourth-order valence-electron chi connectivity index (χ4n) is 3.35. The zero-order valence-corrected chi connectivity index (χ0v) is 18.2. The molecule has 1 aliphatic rings. The highest BCUT2D eigenvalue weighted by molar-refractivity contribution is 7.22. The molecular formula is C20H22F3N5O3S. The molecule has 0 aliphatic carbocycles. The van der Waals surface area contributed by atoms with Crippen molar-refractivity contribution in [1.82, 2.24) is 19.7 Å². The lowest BCUT2D eigenvalue weighted by molar-refractivity contribution is -0.274. The van der Waals surface area contributed by atoms with Crippen LogP contribution in [-0.2, 0) is 11.3 Å². The number of morpholine rings is 1. The quantitative estimate of drug-likeness (QED) is 0.528. The van der Waals surface area contributed by atoms with Crippen LogP contribution in [0.2, 0.25) is 0 Å². The summed E-state index contributed by atoms with van der Waals surface area (Å²) in [6.07, 6.45) is -3.05. The van der Waals surface area contributed by atoms with Crippen molar-refractivity contribution < 1.29 is 27.4 Å². The van der Waals surface area contributed by atoms with Gasteiger partial charge in [-0.2, -0.15) is 5.10 Å². The summed E-state index contributed by atoms with van der Waals surface area (Å²) >= 11 is 1.14. The smallest absolute Gasteiger partial charge is 0.406 e. The first-order valence-corrected chi connectivity index (χ1v) is 11.0. The average molecular weight is 469 g/mol. The molecule has 1 fully saturated rings. The van der Waals surface area contributed by atoms with Crippen LogP contribution in [0.5, 0.6) is 5.75 Å². The fourth-order valence-corrected chi connectivity index (χ4v) is 4.36. The highest BCUT2D eigenvalue weighted by atomic mass is 32.1. The minimum absolute atomic E-state index is 0.286. The number of anilines is 1. The van der Waals surface area contributed by atoms with Gasteiger partial charge in [0.25, 0.3) is 5.91 Å². The number of hydrogen-bond acceptors (Lipinski definition) is 7. The van der Waals surface area contributed by atoms with Gasteiger partial charge in [0.05, 0.1) is 23.4 Å². The normalized spacial score (nSPS) is 15.2. The van der Waals surface area contributed by atoms with Gasteiger partial charge in [-0.3, -0.25) is 19.3 Å². The third kappa shape index (κ3) is 5.37. The molecule has 1 aromatic carbocycles. The highest BCUT2D eigenvalue weighted by Gasteiger charge is 2.31. The van der Waals surface area contributed by atoms with Crippen LogP contribution in [0.1, 0.15) is 17.4 Å². The van der Waals surface area contributed by atoms with E-state index in [1.807, 2.05) is 6.92 Å². The topological polar surface area (TPSA) is 72.7 Å². The van der Waals surface area contributed by atoms with Crippen LogP contribution in [0.15, 0.2) is 30.5 Å². The number of hydrogen-bond donors (Lipinski definition) is 0. The van der Waals surface area contributed by atoms with Crippen molar-refractivity contribution in [2.24, 2.45) is 0 Å². The molecule has 1 saturated heterocycles. The van der Waals surface area contributed by atoms with Crippen molar-refractivity contribution in [3.8, 4) is 5.75 Å². The van der Waals surface area contributed by atoms with Crippen LogP contribution in [0.4, 0.5) is 18.3 Å². The number of benzene rings is 1. The summed E-state index contributed by atoms with van der Waals surface area (Å²) in [6, 6.07) is 5.59. The summed E-state index contributed by atoms with van der Waals surface area (Å²) in [5, 5.41) is 4.70. The molecule has 0 atom stereocenters. The number of thiazole rings is 1. The molecule has 0 bridgehead atoms. The van der Waals surface area contributed by atoms with E-state index in [0.29, 0.717) is 48.2 Å². The third-order valence-corrected chi connectivity index (χ3v) is 6.03. The Kier molecular flexibility index (Phi) is 6.63. The van der Waals surface area contributed by atoms with E-state index >= 15 is 0 Å². The molecule has 0 radical (unpaired) electrons. The summed E-state index contributed by atoms with van der Waals surface area (Å²) < 4.78 is 49.2. The standard InChI is InChI=1S/C20H22F3N5O3S/c1-2-27-6-5-16(25-27)18(29)28(8-7-26-9-11-30-12-10-26)19-24-15-4-3-14(13-17(15)32-19)31-20(21,22)23/h3-6,13H,2,7-12H2,1H3. The number of amides is 1. The monoisotopic (exact) mass is 469 g/mol. The molecular weight excluding hydrogens is 447 g/mol. The van der Waals surface area contributed by atoms with Crippen LogP contribution in [-0.4, -0.2) is 71.3 Å². The Hall–Kier alpha value is -2.70. The number of halogens is 3. The van der Waals surface area contributed by atoms with Crippen LogP contribution < -0.4 is 9.64 Å². The molecule has 2 aromatic heterocycles. The van der Waals surface area contributed by atoms with E-state index in [4.69, 9.17) is 4.74 Å². The molecule has 1 aliphatic heterocycles. The number of fused-ring (bicyclic) bond motifs is 1. The SMILES string of the molecule is CCn1ccc(C(=O)N(CCN2CCOCC2)c2nc3ccc(OC(F)(F)F)cc3s2)n1. The van der Waals surface area contributed by atoms with Crippen molar-refractivity contribution >= 4 is 32.6 Å². The number of alkyl halides is 3. The Morgan fingerprint density at radius 3 is 2.75 bits per heavy atom. The first-order chi connectivity index (χ1) is 15.3. The Labute approximate surface area is 186 Å². The summed E-state index contributed by atoms with van der Waals surface area (Å²) in [6.45, 7) is 6.34. The molecule has 0 spiro atoms. The molecule has 4 rings (SSSR count). The average Bonchev–Trinajstić information content (AvgIpc) is 3.40. The van der Waals surface area contributed by atoms with Gasteiger partial charge in [-0.05, 0) is 25.1 Å². The van der Waals surface area contributed by atoms with Gasteiger partial charge in [-0.15, -0.1) is 13.2 Å². The summed E-state index contributed by atoms with van der Waals surface area (Å²) in [5.41, 5.74) is 0.775. The fraction of sp³-hybridized carbons (Fsp3) is 0.450. The van der Waals surface area contributed by atoms with E-state index in [1.54, 1.807) is 16.9 Å². The molecule has 3 heterocycles. The third-order valence-electron chi connectivity index (χ3n) is 4.99. The second-order valence-corrected chi connectivity index (χ2v) is 8.15. The Bertz CT molecular complexity index is 1080. The molecule has 0 unspecified atom stereocenters. The van der Waals surface area contributed by atoms with E-state index in [-0.39, 0.29) is 17.4 Å². The van der Waals surface area contributed by atoms with Crippen LogP contribution in [0.25, 0.3) is 10.2 Å². The Balaban J connectivity index is 1.61. The number of carbonyl (C=O) groups excluding carboxylic acids is 1. The molecule has 8 nitrogen and oxygen atoms in total. The van der Waals surface area contributed by atoms with E-state index in [0.717, 1.165) is 24.4 Å². The number of ether oxygens (including phenoxy) is 2. The first kappa shape index (κ1) is 22.5. The van der Waals surface area contributed by atoms with E-state index < -0.39 is 6.36 Å². The van der Waals surface area contributed by atoms with Gasteiger partial charge >= 0.3 is 6.36 Å². The number of aromatic nitrogens is 3. The molecule has 3 aromatic rings. The highest BCUT2D eigenvalue weighted by Crippen LogP contribution is 2.33. The first-order valence-electron chi connectivity index (χ1n) is 10.1. The maximum Gasteiger partial charge on any atom is 0.573 e. The van der Waals surface area contributed by atoms with Crippen molar-refractivity contribution in [2.75, 3.05) is 44.3 Å². The molecule has 12 heteroatoms. The van der Waals surface area contributed by atoms with Crippen molar-refractivity contribution in [3.05, 3.63) is 36.2 Å². The zero-order valence-electron chi connectivity index (χ0n) is 17.3. The van der Waals surface area contributed by atoms with Crippen LogP contribution >= 0.6 is 11.3 Å². The predicted octanol–water partition coefficient (Wildman–Crippen LogP) is 3.39. The Morgan fingerprint density at radius 2 is 2.06 bits per heavy atom. The zero-order chi connectivity index (χ0) is 22.7. The lowest BCUT2D eigenvalue weighted by Crippen LogP contribution is -2.43. The van der Waals surface area contributed by atoms with Crippen molar-refractivity contribution in [1.29, 1.82) is 0 Å². The molecule has 0 N–H and O–H groups in total.